The molecule has 0 atom stereocenters. The molecule has 2 aromatic carbocycles. The Bertz CT molecular complexity index is 664. The lowest BCUT2D eigenvalue weighted by Gasteiger charge is -2.03. The standard InChI is InChI=1S/C17H14N2O/c1-13-7-9-14(10-8-13)11-15(12-18)17(20)19-16-5-3-2-4-6-16/h2-11H,1H3,(H,19,20)/b15-11+. The molecule has 0 bridgehead atoms. The van der Waals surface area contributed by atoms with E-state index in [-0.39, 0.29) is 5.57 Å². The van der Waals surface area contributed by atoms with Gasteiger partial charge >= 0.3 is 0 Å². The molecule has 1 N–H and O–H groups in total. The molecule has 0 aliphatic heterocycles. The van der Waals surface area contributed by atoms with E-state index < -0.39 is 5.91 Å². The second kappa shape index (κ2) is 6.35. The van der Waals surface area contributed by atoms with Crippen LogP contribution in [0, 0.1) is 18.3 Å². The lowest BCUT2D eigenvalue weighted by Crippen LogP contribution is -2.13. The van der Waals surface area contributed by atoms with Gasteiger partial charge < -0.3 is 5.32 Å². The van der Waals surface area contributed by atoms with Crippen molar-refractivity contribution in [2.24, 2.45) is 0 Å². The number of hydrogen-bond acceptors (Lipinski definition) is 2. The summed E-state index contributed by atoms with van der Waals surface area (Å²) in [5.74, 6) is -0.403. The zero-order valence-corrected chi connectivity index (χ0v) is 11.1. The van der Waals surface area contributed by atoms with Crippen LogP contribution in [0.3, 0.4) is 0 Å². The summed E-state index contributed by atoms with van der Waals surface area (Å²) in [5, 5.41) is 11.8. The average molecular weight is 262 g/mol. The van der Waals surface area contributed by atoms with Crippen molar-refractivity contribution in [3.63, 3.8) is 0 Å². The van der Waals surface area contributed by atoms with E-state index in [1.165, 1.54) is 0 Å². The summed E-state index contributed by atoms with van der Waals surface area (Å²) in [4.78, 5) is 12.0. The van der Waals surface area contributed by atoms with Crippen LogP contribution in [0.1, 0.15) is 11.1 Å². The Balaban J connectivity index is 2.18. The number of hydrogen-bond donors (Lipinski definition) is 1. The highest BCUT2D eigenvalue weighted by Crippen LogP contribution is 2.11. The molecule has 0 saturated heterocycles. The molecule has 0 aromatic heterocycles. The van der Waals surface area contributed by atoms with Crippen molar-refractivity contribution >= 4 is 17.7 Å². The molecule has 2 aromatic rings. The topological polar surface area (TPSA) is 52.9 Å². The molecular weight excluding hydrogens is 248 g/mol. The van der Waals surface area contributed by atoms with Gasteiger partial charge in [0.25, 0.3) is 5.91 Å². The van der Waals surface area contributed by atoms with E-state index in [0.717, 1.165) is 11.1 Å². The Hall–Kier alpha value is -2.86. The van der Waals surface area contributed by atoms with Crippen LogP contribution in [0.25, 0.3) is 6.08 Å². The highest BCUT2D eigenvalue weighted by molar-refractivity contribution is 6.09. The van der Waals surface area contributed by atoms with Crippen LogP contribution in [-0.2, 0) is 4.79 Å². The van der Waals surface area contributed by atoms with Gasteiger partial charge in [0.1, 0.15) is 11.6 Å². The SMILES string of the molecule is Cc1ccc(/C=C(\C#N)C(=O)Nc2ccccc2)cc1. The van der Waals surface area contributed by atoms with Crippen molar-refractivity contribution < 1.29 is 4.79 Å². The molecule has 1 amide bonds. The average Bonchev–Trinajstić information content (AvgIpc) is 2.47. The molecule has 0 aliphatic rings. The van der Waals surface area contributed by atoms with Crippen LogP contribution in [0.15, 0.2) is 60.2 Å². The van der Waals surface area contributed by atoms with Crippen LogP contribution in [0.2, 0.25) is 0 Å². The predicted molar refractivity (Wildman–Crippen MR) is 79.8 cm³/mol. The van der Waals surface area contributed by atoms with Gasteiger partial charge in [0, 0.05) is 5.69 Å². The maximum absolute atomic E-state index is 12.0. The number of carbonyl (C=O) groups excluding carboxylic acids is 1. The number of aryl methyl sites for hydroxylation is 1. The Morgan fingerprint density at radius 3 is 2.35 bits per heavy atom. The van der Waals surface area contributed by atoms with Gasteiger partial charge in [-0.15, -0.1) is 0 Å². The highest BCUT2D eigenvalue weighted by Gasteiger charge is 2.08. The van der Waals surface area contributed by atoms with Crippen LogP contribution in [0.4, 0.5) is 5.69 Å². The number of rotatable bonds is 3. The molecule has 20 heavy (non-hydrogen) atoms. The van der Waals surface area contributed by atoms with E-state index in [0.29, 0.717) is 5.69 Å². The molecule has 0 spiro atoms. The minimum Gasteiger partial charge on any atom is -0.321 e. The number of nitriles is 1. The third-order valence-corrected chi connectivity index (χ3v) is 2.79. The normalized spacial score (nSPS) is 10.7. The van der Waals surface area contributed by atoms with Gasteiger partial charge in [-0.1, -0.05) is 48.0 Å². The summed E-state index contributed by atoms with van der Waals surface area (Å²) in [5.41, 5.74) is 2.71. The fourth-order valence-electron chi connectivity index (χ4n) is 1.70. The molecule has 0 unspecified atom stereocenters. The zero-order valence-electron chi connectivity index (χ0n) is 11.1. The molecule has 0 heterocycles. The first-order chi connectivity index (χ1) is 9.69. The van der Waals surface area contributed by atoms with Crippen molar-refractivity contribution in [3.8, 4) is 6.07 Å². The summed E-state index contributed by atoms with van der Waals surface area (Å²) in [7, 11) is 0. The van der Waals surface area contributed by atoms with Gasteiger partial charge in [0.15, 0.2) is 0 Å². The summed E-state index contributed by atoms with van der Waals surface area (Å²) in [6, 6.07) is 18.6. The largest absolute Gasteiger partial charge is 0.321 e. The van der Waals surface area contributed by atoms with Gasteiger partial charge in [-0.25, -0.2) is 0 Å². The number of benzene rings is 2. The van der Waals surface area contributed by atoms with E-state index in [1.807, 2.05) is 55.5 Å². The molecule has 3 nitrogen and oxygen atoms in total. The monoisotopic (exact) mass is 262 g/mol. The zero-order chi connectivity index (χ0) is 14.4. The number of nitrogens with one attached hydrogen (secondary N) is 1. The summed E-state index contributed by atoms with van der Waals surface area (Å²) in [6.07, 6.45) is 1.58. The number of nitrogens with zero attached hydrogens (tertiary/aromatic N) is 1. The smallest absolute Gasteiger partial charge is 0.266 e. The van der Waals surface area contributed by atoms with Crippen molar-refractivity contribution in [2.75, 3.05) is 5.32 Å². The molecule has 0 radical (unpaired) electrons. The second-order valence-corrected chi connectivity index (χ2v) is 4.40. The minimum atomic E-state index is -0.403. The number of anilines is 1. The first-order valence-electron chi connectivity index (χ1n) is 6.24. The Morgan fingerprint density at radius 2 is 1.75 bits per heavy atom. The second-order valence-electron chi connectivity index (χ2n) is 4.40. The predicted octanol–water partition coefficient (Wildman–Crippen LogP) is 3.54. The van der Waals surface area contributed by atoms with E-state index in [9.17, 15) is 4.79 Å². The van der Waals surface area contributed by atoms with E-state index >= 15 is 0 Å². The number of carbonyl (C=O) groups is 1. The van der Waals surface area contributed by atoms with Crippen LogP contribution in [-0.4, -0.2) is 5.91 Å². The molecular formula is C17H14N2O. The molecule has 0 saturated carbocycles. The van der Waals surface area contributed by atoms with E-state index in [1.54, 1.807) is 18.2 Å². The maximum Gasteiger partial charge on any atom is 0.266 e. The minimum absolute atomic E-state index is 0.0812. The van der Waals surface area contributed by atoms with Crippen LogP contribution in [0.5, 0.6) is 0 Å². The fourth-order valence-corrected chi connectivity index (χ4v) is 1.70. The lowest BCUT2D eigenvalue weighted by atomic mass is 10.1. The molecule has 0 fully saturated rings. The first kappa shape index (κ1) is 13.6. The first-order valence-corrected chi connectivity index (χ1v) is 6.24. The third-order valence-electron chi connectivity index (χ3n) is 2.79. The van der Waals surface area contributed by atoms with Crippen LogP contribution >= 0.6 is 0 Å². The van der Waals surface area contributed by atoms with Crippen molar-refractivity contribution in [2.45, 2.75) is 6.92 Å². The molecule has 3 heteroatoms. The Kier molecular flexibility index (Phi) is 4.31. The van der Waals surface area contributed by atoms with Gasteiger partial charge in [0.05, 0.1) is 0 Å². The third kappa shape index (κ3) is 3.56. The molecule has 98 valence electrons. The quantitative estimate of drug-likeness (QED) is 0.679. The van der Waals surface area contributed by atoms with Gasteiger partial charge in [-0.2, -0.15) is 5.26 Å². The maximum atomic E-state index is 12.0. The Labute approximate surface area is 118 Å². The summed E-state index contributed by atoms with van der Waals surface area (Å²) >= 11 is 0. The summed E-state index contributed by atoms with van der Waals surface area (Å²) in [6.45, 7) is 1.99. The number of para-hydroxylation sites is 1. The van der Waals surface area contributed by atoms with Gasteiger partial charge in [0.2, 0.25) is 0 Å². The highest BCUT2D eigenvalue weighted by atomic mass is 16.1. The Morgan fingerprint density at radius 1 is 1.10 bits per heavy atom. The van der Waals surface area contributed by atoms with E-state index in [2.05, 4.69) is 5.32 Å². The van der Waals surface area contributed by atoms with Crippen molar-refractivity contribution in [1.82, 2.24) is 0 Å². The van der Waals surface area contributed by atoms with Gasteiger partial charge in [-0.3, -0.25) is 4.79 Å². The summed E-state index contributed by atoms with van der Waals surface area (Å²) < 4.78 is 0. The van der Waals surface area contributed by atoms with E-state index in [4.69, 9.17) is 5.26 Å². The van der Waals surface area contributed by atoms with Crippen molar-refractivity contribution in [1.29, 1.82) is 5.26 Å². The van der Waals surface area contributed by atoms with Gasteiger partial charge in [-0.05, 0) is 30.7 Å². The lowest BCUT2D eigenvalue weighted by molar-refractivity contribution is -0.112. The number of amides is 1. The van der Waals surface area contributed by atoms with Crippen molar-refractivity contribution in [3.05, 3.63) is 71.3 Å². The fraction of sp³-hybridized carbons (Fsp3) is 0.0588. The molecule has 2 rings (SSSR count). The van der Waals surface area contributed by atoms with Crippen LogP contribution < -0.4 is 5.32 Å². The molecule has 0 aliphatic carbocycles.